The van der Waals surface area contributed by atoms with Crippen LogP contribution in [-0.2, 0) is 16.1 Å². The number of benzene rings is 4. The Balaban J connectivity index is 0.630. The molecule has 5 saturated heterocycles. The maximum absolute atomic E-state index is 17.4. The van der Waals surface area contributed by atoms with E-state index in [1.807, 2.05) is 24.3 Å². The Labute approximate surface area is 429 Å². The summed E-state index contributed by atoms with van der Waals surface area (Å²) < 4.78 is 24.0. The SMILES string of the molecule is C#Cc1cccc2cc(O)cc(-c3c(Cl)cc4c(N5CC6CCC(C5)N6)nc(OCC5(CN6CCC7(CC6)CC(CN6CCN(c8ccc9c(c8)CN([C@H]8CCC(=O)NC8=O)C9=O)CC6)C7)CC5)nc4c3F)c12. The number of phenols is 1. The second-order valence-corrected chi connectivity index (χ2v) is 23.1. The van der Waals surface area contributed by atoms with Gasteiger partial charge in [-0.25, -0.2) is 4.39 Å². The van der Waals surface area contributed by atoms with Crippen molar-refractivity contribution in [3.63, 3.8) is 0 Å². The second kappa shape index (κ2) is 18.1. The third kappa shape index (κ3) is 8.61. The molecule has 13 rings (SSSR count). The van der Waals surface area contributed by atoms with Gasteiger partial charge in [-0.1, -0.05) is 29.7 Å². The number of carbonyl (C=O) groups is 3. The van der Waals surface area contributed by atoms with E-state index >= 15 is 4.39 Å². The largest absolute Gasteiger partial charge is 0.508 e. The van der Waals surface area contributed by atoms with Crippen molar-refractivity contribution in [1.29, 1.82) is 0 Å². The van der Waals surface area contributed by atoms with E-state index in [0.29, 0.717) is 75.7 Å². The van der Waals surface area contributed by atoms with Gasteiger partial charge >= 0.3 is 6.01 Å². The molecule has 1 aromatic heterocycles. The van der Waals surface area contributed by atoms with E-state index in [0.717, 1.165) is 108 Å². The number of anilines is 2. The number of carbonyl (C=O) groups excluding carboxylic acids is 3. The van der Waals surface area contributed by atoms with Crippen molar-refractivity contribution < 1.29 is 28.6 Å². The lowest BCUT2D eigenvalue weighted by atomic mass is 9.57. The molecule has 2 bridgehead atoms. The van der Waals surface area contributed by atoms with Gasteiger partial charge in [0.25, 0.3) is 5.91 Å². The zero-order chi connectivity index (χ0) is 49.8. The zero-order valence-electron chi connectivity index (χ0n) is 41.1. The van der Waals surface area contributed by atoms with Crippen LogP contribution in [-0.4, -0.2) is 138 Å². The zero-order valence-corrected chi connectivity index (χ0v) is 41.9. The summed E-state index contributed by atoms with van der Waals surface area (Å²) >= 11 is 7.05. The predicted octanol–water partition coefficient (Wildman–Crippen LogP) is 7.10. The number of nitrogens with zero attached hydrogens (tertiary/aromatic N) is 7. The third-order valence-corrected chi connectivity index (χ3v) is 18.2. The maximum Gasteiger partial charge on any atom is 0.319 e. The quantitative estimate of drug-likeness (QED) is 0.0917. The van der Waals surface area contributed by atoms with Crippen molar-refractivity contribution in [3.8, 4) is 35.2 Å². The number of aromatic nitrogens is 2. The predicted molar refractivity (Wildman–Crippen MR) is 278 cm³/mol. The number of likely N-dealkylation sites (tertiary alicyclic amines) is 1. The number of piperidine rings is 2. The summed E-state index contributed by atoms with van der Waals surface area (Å²) in [5.74, 6) is 2.67. The lowest BCUT2D eigenvalue weighted by molar-refractivity contribution is -0.136. The number of amides is 3. The van der Waals surface area contributed by atoms with Crippen LogP contribution in [0.5, 0.6) is 11.8 Å². The highest BCUT2D eigenvalue weighted by Gasteiger charge is 2.50. The van der Waals surface area contributed by atoms with E-state index in [4.69, 9.17) is 32.7 Å². The van der Waals surface area contributed by atoms with Gasteiger partial charge in [-0.15, -0.1) is 6.42 Å². The Morgan fingerprint density at radius 2 is 1.66 bits per heavy atom. The van der Waals surface area contributed by atoms with Gasteiger partial charge in [-0.2, -0.15) is 9.97 Å². The summed E-state index contributed by atoms with van der Waals surface area (Å²) in [4.78, 5) is 58.9. The maximum atomic E-state index is 17.4. The van der Waals surface area contributed by atoms with Crippen LogP contribution in [0, 0.1) is 34.9 Å². The fourth-order valence-corrected chi connectivity index (χ4v) is 14.1. The number of hydrogen-bond acceptors (Lipinski definition) is 12. The normalized spacial score (nSPS) is 24.8. The van der Waals surface area contributed by atoms with Crippen LogP contribution in [0.2, 0.25) is 5.02 Å². The first-order valence-corrected chi connectivity index (χ1v) is 26.8. The van der Waals surface area contributed by atoms with E-state index in [9.17, 15) is 19.5 Å². The number of halogens is 2. The number of phenolic OH excluding ortho intramolecular Hbond substituents is 1. The number of hydrogen-bond donors (Lipinski definition) is 3. The van der Waals surface area contributed by atoms with Crippen LogP contribution >= 0.6 is 11.6 Å². The monoisotopic (exact) mass is 1010 g/mol. The van der Waals surface area contributed by atoms with Gasteiger partial charge in [0.1, 0.15) is 23.1 Å². The molecular formula is C57H61ClFN9O5. The molecule has 7 fully saturated rings. The summed E-state index contributed by atoms with van der Waals surface area (Å²) in [6.45, 7) is 10.5. The molecule has 2 aliphatic carbocycles. The van der Waals surface area contributed by atoms with Gasteiger partial charge in [-0.3, -0.25) is 24.6 Å². The van der Waals surface area contributed by atoms with E-state index < -0.39 is 11.9 Å². The first-order valence-electron chi connectivity index (χ1n) is 26.4. The average Bonchev–Trinajstić information content (AvgIpc) is 3.95. The van der Waals surface area contributed by atoms with Crippen molar-refractivity contribution >= 4 is 62.5 Å². The molecule has 0 radical (unpaired) electrons. The second-order valence-electron chi connectivity index (χ2n) is 22.7. The molecule has 2 saturated carbocycles. The Bertz CT molecular complexity index is 3120. The molecule has 378 valence electrons. The summed E-state index contributed by atoms with van der Waals surface area (Å²) in [7, 11) is 0. The number of nitrogens with one attached hydrogen (secondary N) is 2. The molecule has 14 nitrogen and oxygen atoms in total. The smallest absolute Gasteiger partial charge is 0.319 e. The number of aromatic hydroxyl groups is 1. The highest BCUT2D eigenvalue weighted by atomic mass is 35.5. The number of rotatable bonds is 11. The molecule has 3 amide bonds. The molecule has 6 aliphatic heterocycles. The number of terminal acetylenes is 1. The van der Waals surface area contributed by atoms with Crippen LogP contribution in [0.3, 0.4) is 0 Å². The highest BCUT2D eigenvalue weighted by Crippen LogP contribution is 2.54. The van der Waals surface area contributed by atoms with Crippen molar-refractivity contribution in [2.24, 2.45) is 16.7 Å². The molecule has 5 aromatic rings. The molecule has 1 spiro atoms. The lowest BCUT2D eigenvalue weighted by Crippen LogP contribution is -2.53. The molecule has 4 aromatic carbocycles. The Hall–Kier alpha value is -6.05. The van der Waals surface area contributed by atoms with E-state index in [1.165, 1.54) is 31.7 Å². The molecular weight excluding hydrogens is 945 g/mol. The Morgan fingerprint density at radius 1 is 0.877 bits per heavy atom. The highest BCUT2D eigenvalue weighted by molar-refractivity contribution is 6.35. The van der Waals surface area contributed by atoms with Crippen molar-refractivity contribution in [2.45, 2.75) is 88.9 Å². The third-order valence-electron chi connectivity index (χ3n) is 17.9. The van der Waals surface area contributed by atoms with Crippen LogP contribution in [0.15, 0.2) is 54.6 Å². The number of piperazine rings is 2. The minimum absolute atomic E-state index is 0.00456. The van der Waals surface area contributed by atoms with Crippen LogP contribution in [0.1, 0.15) is 85.7 Å². The van der Waals surface area contributed by atoms with Gasteiger partial charge in [0, 0.05) is 116 Å². The number of fused-ring (bicyclic) bond motifs is 5. The fraction of sp³-hybridized carbons (Fsp3) is 0.491. The van der Waals surface area contributed by atoms with Gasteiger partial charge in [0.15, 0.2) is 5.82 Å². The van der Waals surface area contributed by atoms with Crippen LogP contribution in [0.4, 0.5) is 15.9 Å². The molecule has 2 unspecified atom stereocenters. The van der Waals surface area contributed by atoms with E-state index in [1.54, 1.807) is 23.1 Å². The van der Waals surface area contributed by atoms with Crippen LogP contribution < -0.4 is 25.2 Å². The molecule has 16 heteroatoms. The summed E-state index contributed by atoms with van der Waals surface area (Å²) in [6, 6.07) is 16.6. The number of imide groups is 1. The molecule has 3 N–H and O–H groups in total. The van der Waals surface area contributed by atoms with Gasteiger partial charge in [0.2, 0.25) is 11.8 Å². The van der Waals surface area contributed by atoms with Gasteiger partial charge in [0.05, 0.1) is 11.6 Å². The summed E-state index contributed by atoms with van der Waals surface area (Å²) in [6.07, 6.45) is 15.9. The minimum atomic E-state index is -0.605. The van der Waals surface area contributed by atoms with Gasteiger partial charge < -0.3 is 34.8 Å². The Morgan fingerprint density at radius 3 is 2.40 bits per heavy atom. The molecule has 8 aliphatic rings. The van der Waals surface area contributed by atoms with Crippen LogP contribution in [0.25, 0.3) is 32.8 Å². The van der Waals surface area contributed by atoms with E-state index in [2.05, 4.69) is 42.2 Å². The van der Waals surface area contributed by atoms with E-state index in [-0.39, 0.29) is 57.4 Å². The van der Waals surface area contributed by atoms with Crippen molar-refractivity contribution in [3.05, 3.63) is 82.1 Å². The first-order chi connectivity index (χ1) is 35.4. The summed E-state index contributed by atoms with van der Waals surface area (Å²) in [5.41, 5.74) is 4.40. The first kappa shape index (κ1) is 46.7. The molecule has 7 heterocycles. The molecule has 3 atom stereocenters. The topological polar surface area (TPSA) is 147 Å². The molecule has 73 heavy (non-hydrogen) atoms. The fourth-order valence-electron chi connectivity index (χ4n) is 13.8. The standard InChI is InChI=1S/C57H61ClFN9O5/c1-2-35-4-3-5-36-23-41(69)24-43(48(35)36)49-45(58)25-44-51(50(49)59)62-55(63-52(44)67-30-38-6-7-39(31-67)60-38)73-33-57(12-13-57)32-65-16-14-56(15-17-65)26-34(27-56)28-64-18-20-66(21-19-64)40-8-9-42-37(22-40)29-68(54(42)72)46-10-11-47(70)61-53(46)71/h1,3-5,8-9,22-25,34,38-39,46,60,69H,6-7,10-21,26-33H2,(H,61,70,71)/t38?,39?,46-/m0/s1. The number of ether oxygens (including phenoxy) is 1. The summed E-state index contributed by atoms with van der Waals surface area (Å²) in [5, 5.41) is 18.9. The average molecular weight is 1010 g/mol. The minimum Gasteiger partial charge on any atom is -0.508 e. The Kier molecular flexibility index (Phi) is 11.6. The van der Waals surface area contributed by atoms with Crippen molar-refractivity contribution in [1.82, 2.24) is 35.3 Å². The lowest BCUT2D eigenvalue weighted by Gasteiger charge is -2.54. The van der Waals surface area contributed by atoms with Gasteiger partial charge in [-0.05, 0) is 141 Å². The van der Waals surface area contributed by atoms with Crippen molar-refractivity contribution in [2.75, 3.05) is 81.9 Å².